The number of anilines is 1. The molecule has 0 aliphatic heterocycles. The largest absolute Gasteiger partial charge is 0.373 e. The molecule has 1 atom stereocenters. The van der Waals surface area contributed by atoms with Crippen molar-refractivity contribution in [3.05, 3.63) is 11.6 Å². The molecule has 0 amide bonds. The molecule has 1 aromatic heterocycles. The summed E-state index contributed by atoms with van der Waals surface area (Å²) in [6.07, 6.45) is 0.725. The highest BCUT2D eigenvalue weighted by Crippen LogP contribution is 2.15. The van der Waals surface area contributed by atoms with Gasteiger partial charge in [-0.3, -0.25) is 0 Å². The molecule has 0 radical (unpaired) electrons. The standard InChI is InChI=1S/C8H14N4O/c1-4-6(13-3)7-10-5(2)11-8(9)12-7/h6H,4H2,1-3H3,(H2,9,10,11,12). The maximum atomic E-state index is 5.49. The Bertz CT molecular complexity index is 265. The van der Waals surface area contributed by atoms with Crippen molar-refractivity contribution in [1.29, 1.82) is 0 Å². The molecule has 1 rings (SSSR count). The number of nitrogen functional groups attached to an aromatic ring is 1. The Morgan fingerprint density at radius 3 is 2.54 bits per heavy atom. The van der Waals surface area contributed by atoms with Crippen LogP contribution in [0.2, 0.25) is 0 Å². The van der Waals surface area contributed by atoms with Gasteiger partial charge in [0.15, 0.2) is 5.82 Å². The van der Waals surface area contributed by atoms with Gasteiger partial charge in [0.1, 0.15) is 11.9 Å². The minimum atomic E-state index is -0.0935. The first kappa shape index (κ1) is 9.85. The molecule has 0 bridgehead atoms. The number of nitrogens with zero attached hydrogens (tertiary/aromatic N) is 3. The summed E-state index contributed by atoms with van der Waals surface area (Å²) in [7, 11) is 1.63. The lowest BCUT2D eigenvalue weighted by Gasteiger charge is -2.11. The summed E-state index contributed by atoms with van der Waals surface area (Å²) in [5, 5.41) is 0. The molecular weight excluding hydrogens is 168 g/mol. The second-order valence-corrected chi connectivity index (χ2v) is 2.73. The van der Waals surface area contributed by atoms with Gasteiger partial charge in [-0.05, 0) is 13.3 Å². The minimum Gasteiger partial charge on any atom is -0.373 e. The molecule has 0 aliphatic carbocycles. The Morgan fingerprint density at radius 2 is 2.08 bits per heavy atom. The fourth-order valence-corrected chi connectivity index (χ4v) is 1.12. The first-order valence-corrected chi connectivity index (χ1v) is 4.18. The Hall–Kier alpha value is -1.23. The lowest BCUT2D eigenvalue weighted by molar-refractivity contribution is 0.0923. The molecule has 2 N–H and O–H groups in total. The number of rotatable bonds is 3. The van der Waals surface area contributed by atoms with E-state index in [-0.39, 0.29) is 12.1 Å². The fourth-order valence-electron chi connectivity index (χ4n) is 1.12. The molecular formula is C8H14N4O. The SMILES string of the molecule is CCC(OC)c1nc(C)nc(N)n1. The Morgan fingerprint density at radius 1 is 1.38 bits per heavy atom. The molecule has 72 valence electrons. The second-order valence-electron chi connectivity index (χ2n) is 2.73. The molecule has 1 unspecified atom stereocenters. The third-order valence-corrected chi connectivity index (χ3v) is 1.73. The van der Waals surface area contributed by atoms with Gasteiger partial charge < -0.3 is 10.5 Å². The lowest BCUT2D eigenvalue weighted by Crippen LogP contribution is -2.10. The molecule has 1 heterocycles. The average molecular weight is 182 g/mol. The van der Waals surface area contributed by atoms with Crippen molar-refractivity contribution in [2.24, 2.45) is 0 Å². The lowest BCUT2D eigenvalue weighted by atomic mass is 10.2. The number of nitrogens with two attached hydrogens (primary N) is 1. The third kappa shape index (κ3) is 2.35. The molecule has 5 heteroatoms. The maximum absolute atomic E-state index is 5.49. The van der Waals surface area contributed by atoms with E-state index in [1.54, 1.807) is 14.0 Å². The number of aromatic nitrogens is 3. The van der Waals surface area contributed by atoms with Crippen molar-refractivity contribution in [3.8, 4) is 0 Å². The molecule has 5 nitrogen and oxygen atoms in total. The van der Waals surface area contributed by atoms with Crippen molar-refractivity contribution < 1.29 is 4.74 Å². The molecule has 0 aliphatic rings. The molecule has 1 aromatic rings. The normalized spacial score (nSPS) is 12.8. The van der Waals surface area contributed by atoms with Crippen LogP contribution in [0.1, 0.15) is 31.1 Å². The van der Waals surface area contributed by atoms with Crippen LogP contribution in [0.3, 0.4) is 0 Å². The first-order chi connectivity index (χ1) is 6.17. The summed E-state index contributed by atoms with van der Waals surface area (Å²) in [6, 6.07) is 0. The maximum Gasteiger partial charge on any atom is 0.223 e. The smallest absolute Gasteiger partial charge is 0.223 e. The fraction of sp³-hybridized carbons (Fsp3) is 0.625. The van der Waals surface area contributed by atoms with E-state index in [0.717, 1.165) is 6.42 Å². The number of aryl methyl sites for hydroxylation is 1. The van der Waals surface area contributed by atoms with Crippen LogP contribution in [0.4, 0.5) is 5.95 Å². The van der Waals surface area contributed by atoms with E-state index >= 15 is 0 Å². The summed E-state index contributed by atoms with van der Waals surface area (Å²) in [4.78, 5) is 12.0. The van der Waals surface area contributed by atoms with E-state index in [2.05, 4.69) is 15.0 Å². The quantitative estimate of drug-likeness (QED) is 0.750. The van der Waals surface area contributed by atoms with Crippen LogP contribution in [-0.4, -0.2) is 22.1 Å². The highest BCUT2D eigenvalue weighted by molar-refractivity contribution is 5.16. The van der Waals surface area contributed by atoms with Crippen LogP contribution >= 0.6 is 0 Å². The number of ether oxygens (including phenoxy) is 1. The van der Waals surface area contributed by atoms with E-state index in [1.165, 1.54) is 0 Å². The number of hydrogen-bond donors (Lipinski definition) is 1. The van der Waals surface area contributed by atoms with Gasteiger partial charge in [0, 0.05) is 7.11 Å². The third-order valence-electron chi connectivity index (χ3n) is 1.73. The van der Waals surface area contributed by atoms with Crippen LogP contribution in [0, 0.1) is 6.92 Å². The highest BCUT2D eigenvalue weighted by atomic mass is 16.5. The molecule has 0 saturated carbocycles. The van der Waals surface area contributed by atoms with Crippen molar-refractivity contribution in [2.45, 2.75) is 26.4 Å². The van der Waals surface area contributed by atoms with Gasteiger partial charge >= 0.3 is 0 Å². The summed E-state index contributed by atoms with van der Waals surface area (Å²) >= 11 is 0. The van der Waals surface area contributed by atoms with Gasteiger partial charge in [-0.25, -0.2) is 4.98 Å². The average Bonchev–Trinajstić information content (AvgIpc) is 2.04. The monoisotopic (exact) mass is 182 g/mol. The van der Waals surface area contributed by atoms with Crippen molar-refractivity contribution in [2.75, 3.05) is 12.8 Å². The van der Waals surface area contributed by atoms with Crippen molar-refractivity contribution >= 4 is 5.95 Å². The number of hydrogen-bond acceptors (Lipinski definition) is 5. The zero-order chi connectivity index (χ0) is 9.84. The Balaban J connectivity index is 2.99. The summed E-state index contributed by atoms with van der Waals surface area (Å²) in [5.41, 5.74) is 5.49. The van der Waals surface area contributed by atoms with Crippen molar-refractivity contribution in [3.63, 3.8) is 0 Å². The van der Waals surface area contributed by atoms with E-state index in [9.17, 15) is 0 Å². The molecule has 0 fully saturated rings. The topological polar surface area (TPSA) is 73.9 Å². The van der Waals surface area contributed by atoms with Gasteiger partial charge in [-0.2, -0.15) is 9.97 Å². The molecule has 0 saturated heterocycles. The van der Waals surface area contributed by atoms with Crippen LogP contribution in [0.5, 0.6) is 0 Å². The Kier molecular flexibility index (Phi) is 3.13. The predicted molar refractivity (Wildman–Crippen MR) is 49.0 cm³/mol. The van der Waals surface area contributed by atoms with Gasteiger partial charge in [0.2, 0.25) is 5.95 Å². The van der Waals surface area contributed by atoms with Gasteiger partial charge in [0.05, 0.1) is 0 Å². The van der Waals surface area contributed by atoms with Gasteiger partial charge in [-0.15, -0.1) is 0 Å². The van der Waals surface area contributed by atoms with E-state index in [4.69, 9.17) is 10.5 Å². The number of methoxy groups -OCH3 is 1. The van der Waals surface area contributed by atoms with Crippen LogP contribution < -0.4 is 5.73 Å². The summed E-state index contributed by atoms with van der Waals surface area (Å²) < 4.78 is 5.19. The van der Waals surface area contributed by atoms with E-state index in [1.807, 2.05) is 6.92 Å². The zero-order valence-corrected chi connectivity index (χ0v) is 8.11. The van der Waals surface area contributed by atoms with Gasteiger partial charge in [-0.1, -0.05) is 6.92 Å². The molecule has 13 heavy (non-hydrogen) atoms. The molecule has 0 spiro atoms. The van der Waals surface area contributed by atoms with Crippen LogP contribution in [0.25, 0.3) is 0 Å². The van der Waals surface area contributed by atoms with E-state index in [0.29, 0.717) is 11.6 Å². The summed E-state index contributed by atoms with van der Waals surface area (Å²) in [6.45, 7) is 3.79. The molecule has 0 aromatic carbocycles. The van der Waals surface area contributed by atoms with Crippen molar-refractivity contribution in [1.82, 2.24) is 15.0 Å². The van der Waals surface area contributed by atoms with E-state index < -0.39 is 0 Å². The van der Waals surface area contributed by atoms with Crippen LogP contribution in [-0.2, 0) is 4.74 Å². The minimum absolute atomic E-state index is 0.0935. The van der Waals surface area contributed by atoms with Gasteiger partial charge in [0.25, 0.3) is 0 Å². The predicted octanol–water partition coefficient (Wildman–Crippen LogP) is 0.860. The first-order valence-electron chi connectivity index (χ1n) is 4.18. The Labute approximate surface area is 77.4 Å². The highest BCUT2D eigenvalue weighted by Gasteiger charge is 2.12. The summed E-state index contributed by atoms with van der Waals surface area (Å²) in [5.74, 6) is 1.48. The van der Waals surface area contributed by atoms with Crippen LogP contribution in [0.15, 0.2) is 0 Å². The second kappa shape index (κ2) is 4.13. The zero-order valence-electron chi connectivity index (χ0n) is 8.11.